The molecule has 0 radical (unpaired) electrons. The van der Waals surface area contributed by atoms with Crippen LogP contribution in [0.1, 0.15) is 25.3 Å². The van der Waals surface area contributed by atoms with E-state index in [1.807, 2.05) is 5.92 Å². The fraction of sp³-hybridized carbons (Fsp3) is 0.409. The fourth-order valence-corrected chi connectivity index (χ4v) is 2.66. The Morgan fingerprint density at radius 1 is 1.06 bits per heavy atom. The number of benzene rings is 1. The van der Waals surface area contributed by atoms with Crippen LogP contribution in [0.5, 0.6) is 0 Å². The first-order chi connectivity index (χ1) is 16.7. The summed E-state index contributed by atoms with van der Waals surface area (Å²) in [6.45, 7) is 1.47. The van der Waals surface area contributed by atoms with Gasteiger partial charge in [-0.2, -0.15) is 0 Å². The number of aliphatic hydroxyl groups excluding tert-OH is 1. The van der Waals surface area contributed by atoms with Crippen LogP contribution in [-0.4, -0.2) is 66.7 Å². The Kier molecular flexibility index (Phi) is 12.7. The molecule has 35 heavy (non-hydrogen) atoms. The molecule has 1 aromatic carbocycles. The Bertz CT molecular complexity index is 929. The fourth-order valence-electron chi connectivity index (χ4n) is 2.66. The van der Waals surface area contributed by atoms with Gasteiger partial charge in [0.2, 0.25) is 11.8 Å². The number of carbonyl (C=O) groups excluding carboxylic acids is 5. The van der Waals surface area contributed by atoms with Crippen molar-refractivity contribution in [1.29, 1.82) is 0 Å². The summed E-state index contributed by atoms with van der Waals surface area (Å²) >= 11 is 0. The van der Waals surface area contributed by atoms with Crippen LogP contribution in [-0.2, 0) is 25.7 Å². The van der Waals surface area contributed by atoms with E-state index in [4.69, 9.17) is 22.0 Å². The number of alkyl carbamates (subject to hydrolysis) is 1. The average molecular weight is 491 g/mol. The number of nitrogens with two attached hydrogens (primary N) is 1. The van der Waals surface area contributed by atoms with Crippen LogP contribution < -0.4 is 32.3 Å². The van der Waals surface area contributed by atoms with Gasteiger partial charge in [0.25, 0.3) is 5.91 Å². The van der Waals surface area contributed by atoms with E-state index in [2.05, 4.69) is 26.6 Å². The molecule has 0 spiro atoms. The number of urea groups is 1. The van der Waals surface area contributed by atoms with Crippen LogP contribution >= 0.6 is 0 Å². The van der Waals surface area contributed by atoms with Crippen molar-refractivity contribution in [3.63, 3.8) is 0 Å². The summed E-state index contributed by atoms with van der Waals surface area (Å²) in [6, 6.07) is 3.77. The third-order valence-corrected chi connectivity index (χ3v) is 4.45. The zero-order valence-electron chi connectivity index (χ0n) is 19.3. The summed E-state index contributed by atoms with van der Waals surface area (Å²) in [5, 5.41) is 20.9. The van der Waals surface area contributed by atoms with Gasteiger partial charge in [-0.15, -0.1) is 6.42 Å². The van der Waals surface area contributed by atoms with Gasteiger partial charge in [0, 0.05) is 18.8 Å². The van der Waals surface area contributed by atoms with E-state index < -0.39 is 41.9 Å². The molecular weight excluding hydrogens is 460 g/mol. The number of hydrogen-bond donors (Lipinski definition) is 7. The zero-order chi connectivity index (χ0) is 26.2. The van der Waals surface area contributed by atoms with Gasteiger partial charge in [0.15, 0.2) is 0 Å². The van der Waals surface area contributed by atoms with Crippen molar-refractivity contribution in [2.45, 2.75) is 38.5 Å². The summed E-state index contributed by atoms with van der Waals surface area (Å²) in [6.07, 6.45) is 4.82. The van der Waals surface area contributed by atoms with Gasteiger partial charge in [-0.1, -0.05) is 12.1 Å². The standard InChI is InChI=1S/C22H30N6O7/c1-3-18(30)26-14(2)19(31)28-17(5-4-10-24-21(23)33)20(32)27-16-8-6-15(7-9-16)13-35-22(34)25-11-12-29/h1,6-9,14,17,29H,4-5,10-13H2,2H3,(H,25,34)(H,26,30)(H,27,32)(H,28,31)(H3,23,24,33)/t14-,17-/m0/s1. The van der Waals surface area contributed by atoms with Crippen molar-refractivity contribution in [3.05, 3.63) is 29.8 Å². The quantitative estimate of drug-likeness (QED) is 0.134. The molecule has 6 amide bonds. The van der Waals surface area contributed by atoms with Crippen molar-refractivity contribution >= 4 is 35.5 Å². The zero-order valence-corrected chi connectivity index (χ0v) is 19.3. The number of aliphatic hydroxyl groups is 1. The number of amides is 6. The average Bonchev–Trinajstić information content (AvgIpc) is 2.83. The molecule has 0 saturated carbocycles. The molecule has 8 N–H and O–H groups in total. The van der Waals surface area contributed by atoms with Crippen molar-refractivity contribution in [2.75, 3.05) is 25.0 Å². The normalized spacial score (nSPS) is 11.7. The summed E-state index contributed by atoms with van der Waals surface area (Å²) < 4.78 is 4.99. The molecule has 1 rings (SSSR count). The van der Waals surface area contributed by atoms with Crippen LogP contribution in [0.3, 0.4) is 0 Å². The van der Waals surface area contributed by atoms with E-state index in [1.54, 1.807) is 24.3 Å². The molecule has 0 aliphatic heterocycles. The Morgan fingerprint density at radius 2 is 1.74 bits per heavy atom. The maximum atomic E-state index is 12.8. The Hall–Kier alpha value is -4.31. The number of anilines is 1. The lowest BCUT2D eigenvalue weighted by atomic mass is 10.1. The second-order valence-electron chi connectivity index (χ2n) is 7.25. The summed E-state index contributed by atoms with van der Waals surface area (Å²) in [7, 11) is 0. The van der Waals surface area contributed by atoms with Crippen molar-refractivity contribution in [2.24, 2.45) is 5.73 Å². The molecule has 0 aromatic heterocycles. The highest BCUT2D eigenvalue weighted by Crippen LogP contribution is 2.12. The van der Waals surface area contributed by atoms with E-state index in [1.165, 1.54) is 6.92 Å². The van der Waals surface area contributed by atoms with Crippen LogP contribution in [0.2, 0.25) is 0 Å². The molecule has 0 bridgehead atoms. The molecule has 0 unspecified atom stereocenters. The topological polar surface area (TPSA) is 201 Å². The minimum absolute atomic E-state index is 0.0156. The van der Waals surface area contributed by atoms with Crippen molar-refractivity contribution in [1.82, 2.24) is 21.3 Å². The molecule has 0 aliphatic rings. The second kappa shape index (κ2) is 15.5. The molecule has 0 fully saturated rings. The smallest absolute Gasteiger partial charge is 0.407 e. The van der Waals surface area contributed by atoms with Gasteiger partial charge >= 0.3 is 12.1 Å². The highest BCUT2D eigenvalue weighted by molar-refractivity contribution is 5.99. The molecular formula is C22H30N6O7. The lowest BCUT2D eigenvalue weighted by molar-refractivity contribution is -0.129. The Morgan fingerprint density at radius 3 is 2.34 bits per heavy atom. The van der Waals surface area contributed by atoms with E-state index in [-0.39, 0.29) is 32.7 Å². The molecule has 2 atom stereocenters. The van der Waals surface area contributed by atoms with Crippen LogP contribution in [0.4, 0.5) is 15.3 Å². The van der Waals surface area contributed by atoms with Gasteiger partial charge < -0.3 is 42.2 Å². The van der Waals surface area contributed by atoms with Crippen molar-refractivity contribution in [3.8, 4) is 12.3 Å². The van der Waals surface area contributed by atoms with E-state index in [0.29, 0.717) is 17.7 Å². The van der Waals surface area contributed by atoms with Crippen LogP contribution in [0, 0.1) is 12.3 Å². The molecule has 0 aliphatic carbocycles. The first-order valence-electron chi connectivity index (χ1n) is 10.7. The van der Waals surface area contributed by atoms with Crippen LogP contribution in [0.25, 0.3) is 0 Å². The molecule has 0 saturated heterocycles. The molecule has 13 heteroatoms. The lowest BCUT2D eigenvalue weighted by Gasteiger charge is -2.21. The third kappa shape index (κ3) is 11.9. The van der Waals surface area contributed by atoms with Gasteiger partial charge in [-0.3, -0.25) is 14.4 Å². The minimum atomic E-state index is -0.986. The minimum Gasteiger partial charge on any atom is -0.445 e. The van der Waals surface area contributed by atoms with Gasteiger partial charge in [0.1, 0.15) is 18.7 Å². The van der Waals surface area contributed by atoms with E-state index >= 15 is 0 Å². The van der Waals surface area contributed by atoms with Gasteiger partial charge in [-0.25, -0.2) is 9.59 Å². The maximum absolute atomic E-state index is 12.8. The SMILES string of the molecule is C#CC(=O)N[C@@H](C)C(=O)N[C@@H](CCCNC(N)=O)C(=O)Nc1ccc(COC(=O)NCCO)cc1. The highest BCUT2D eigenvalue weighted by Gasteiger charge is 2.24. The van der Waals surface area contributed by atoms with E-state index in [0.717, 1.165) is 0 Å². The van der Waals surface area contributed by atoms with Gasteiger partial charge in [0.05, 0.1) is 6.61 Å². The lowest BCUT2D eigenvalue weighted by Crippen LogP contribution is -2.51. The second-order valence-corrected chi connectivity index (χ2v) is 7.25. The monoisotopic (exact) mass is 490 g/mol. The number of ether oxygens (including phenoxy) is 1. The van der Waals surface area contributed by atoms with E-state index in [9.17, 15) is 24.0 Å². The van der Waals surface area contributed by atoms with Crippen LogP contribution in [0.15, 0.2) is 24.3 Å². The number of carbonyl (C=O) groups is 5. The summed E-state index contributed by atoms with van der Waals surface area (Å²) in [5.74, 6) is -0.0804. The first-order valence-corrected chi connectivity index (χ1v) is 10.7. The summed E-state index contributed by atoms with van der Waals surface area (Å²) in [5.41, 5.74) is 6.10. The first kappa shape index (κ1) is 28.7. The van der Waals surface area contributed by atoms with Crippen molar-refractivity contribution < 1.29 is 33.8 Å². The molecule has 0 heterocycles. The number of hydrogen-bond acceptors (Lipinski definition) is 7. The largest absolute Gasteiger partial charge is 0.445 e. The number of rotatable bonds is 13. The summed E-state index contributed by atoms with van der Waals surface area (Å²) in [4.78, 5) is 58.8. The maximum Gasteiger partial charge on any atom is 0.407 e. The predicted molar refractivity (Wildman–Crippen MR) is 126 cm³/mol. The molecule has 190 valence electrons. The number of terminal acetylenes is 1. The Labute approximate surface area is 202 Å². The molecule has 1 aromatic rings. The predicted octanol–water partition coefficient (Wildman–Crippen LogP) is -1.09. The van der Waals surface area contributed by atoms with Gasteiger partial charge in [-0.05, 0) is 43.4 Å². The number of primary amides is 1. The molecule has 13 nitrogen and oxygen atoms in total. The third-order valence-electron chi connectivity index (χ3n) is 4.45. The Balaban J connectivity index is 2.74. The number of nitrogens with one attached hydrogen (secondary N) is 5. The highest BCUT2D eigenvalue weighted by atomic mass is 16.5.